The topological polar surface area (TPSA) is 61.2 Å². The zero-order valence-corrected chi connectivity index (χ0v) is 13.1. The molecular formula is C14H18N2O2S2. The quantitative estimate of drug-likeness (QED) is 0.801. The van der Waals surface area contributed by atoms with Crippen molar-refractivity contribution in [3.05, 3.63) is 29.8 Å². The number of hydrogen-bond acceptors (Lipinski definition) is 4. The highest BCUT2D eigenvalue weighted by Crippen LogP contribution is 2.27. The molecule has 20 heavy (non-hydrogen) atoms. The number of hydrogen-bond donors (Lipinski definition) is 0. The van der Waals surface area contributed by atoms with E-state index in [9.17, 15) is 8.42 Å². The minimum absolute atomic E-state index is 0.384. The Bertz CT molecular complexity index is 608. The monoisotopic (exact) mass is 310 g/mol. The molecule has 1 heterocycles. The van der Waals surface area contributed by atoms with E-state index in [4.69, 9.17) is 5.26 Å². The van der Waals surface area contributed by atoms with Gasteiger partial charge in [-0.25, -0.2) is 12.7 Å². The molecule has 1 aromatic rings. The molecule has 4 nitrogen and oxygen atoms in total. The van der Waals surface area contributed by atoms with Gasteiger partial charge in [-0.3, -0.25) is 0 Å². The minimum Gasteiger partial charge on any atom is -0.213 e. The molecule has 1 aromatic carbocycles. The summed E-state index contributed by atoms with van der Waals surface area (Å²) in [7, 11) is -3.07. The zero-order valence-electron chi connectivity index (χ0n) is 11.4. The van der Waals surface area contributed by atoms with E-state index in [0.717, 1.165) is 23.5 Å². The second-order valence-corrected chi connectivity index (χ2v) is 8.16. The number of sulfonamides is 1. The SMILES string of the molecule is CS(=O)(=O)N1CCC[C@H](CSc2cccc(C#N)c2)C1. The van der Waals surface area contributed by atoms with Crippen LogP contribution in [0.2, 0.25) is 0 Å². The molecule has 1 atom stereocenters. The van der Waals surface area contributed by atoms with Crippen LogP contribution in [0.15, 0.2) is 29.2 Å². The lowest BCUT2D eigenvalue weighted by Crippen LogP contribution is -2.39. The molecule has 0 radical (unpaired) electrons. The molecule has 1 aliphatic heterocycles. The lowest BCUT2D eigenvalue weighted by Gasteiger charge is -2.30. The van der Waals surface area contributed by atoms with E-state index in [-0.39, 0.29) is 0 Å². The van der Waals surface area contributed by atoms with Crippen molar-refractivity contribution in [2.75, 3.05) is 25.1 Å². The lowest BCUT2D eigenvalue weighted by molar-refractivity contribution is 0.286. The predicted molar refractivity (Wildman–Crippen MR) is 81.0 cm³/mol. The largest absolute Gasteiger partial charge is 0.213 e. The minimum atomic E-state index is -3.07. The summed E-state index contributed by atoms with van der Waals surface area (Å²) < 4.78 is 24.7. The van der Waals surface area contributed by atoms with Gasteiger partial charge >= 0.3 is 0 Å². The Hall–Kier alpha value is -1.03. The Labute approximate surface area is 124 Å². The third-order valence-electron chi connectivity index (χ3n) is 3.40. The van der Waals surface area contributed by atoms with Gasteiger partial charge in [-0.05, 0) is 37.0 Å². The third kappa shape index (κ3) is 4.23. The fraction of sp³-hybridized carbons (Fsp3) is 0.500. The summed E-state index contributed by atoms with van der Waals surface area (Å²) in [5, 5.41) is 8.87. The molecule has 0 aromatic heterocycles. The molecule has 1 fully saturated rings. The van der Waals surface area contributed by atoms with Crippen molar-refractivity contribution >= 4 is 21.8 Å². The second-order valence-electron chi connectivity index (χ2n) is 5.08. The molecule has 108 valence electrons. The summed E-state index contributed by atoms with van der Waals surface area (Å²) in [5.74, 6) is 1.27. The van der Waals surface area contributed by atoms with Crippen molar-refractivity contribution in [1.82, 2.24) is 4.31 Å². The first-order valence-electron chi connectivity index (χ1n) is 6.57. The Kier molecular flexibility index (Phi) is 5.08. The van der Waals surface area contributed by atoms with Gasteiger partial charge in [0, 0.05) is 23.7 Å². The zero-order chi connectivity index (χ0) is 14.6. The van der Waals surface area contributed by atoms with Gasteiger partial charge in [0.05, 0.1) is 17.9 Å². The molecule has 0 aliphatic carbocycles. The molecule has 1 saturated heterocycles. The molecule has 6 heteroatoms. The van der Waals surface area contributed by atoms with Gasteiger partial charge in [0.2, 0.25) is 10.0 Å². The van der Waals surface area contributed by atoms with Gasteiger partial charge in [0.25, 0.3) is 0 Å². The average molecular weight is 310 g/mol. The fourth-order valence-corrected chi connectivity index (χ4v) is 4.36. The van der Waals surface area contributed by atoms with Crippen LogP contribution in [0.3, 0.4) is 0 Å². The van der Waals surface area contributed by atoms with Crippen molar-refractivity contribution in [2.45, 2.75) is 17.7 Å². The van der Waals surface area contributed by atoms with Crippen LogP contribution >= 0.6 is 11.8 Å². The average Bonchev–Trinajstić information content (AvgIpc) is 2.45. The van der Waals surface area contributed by atoms with E-state index in [0.29, 0.717) is 24.6 Å². The predicted octanol–water partition coefficient (Wildman–Crippen LogP) is 2.32. The van der Waals surface area contributed by atoms with E-state index >= 15 is 0 Å². The van der Waals surface area contributed by atoms with Gasteiger partial charge in [-0.15, -0.1) is 11.8 Å². The van der Waals surface area contributed by atoms with Crippen LogP contribution in [-0.4, -0.2) is 37.8 Å². The van der Waals surface area contributed by atoms with Crippen molar-refractivity contribution in [3.8, 4) is 6.07 Å². The van der Waals surface area contributed by atoms with E-state index in [1.165, 1.54) is 6.26 Å². The number of piperidine rings is 1. The maximum atomic E-state index is 11.6. The van der Waals surface area contributed by atoms with E-state index < -0.39 is 10.0 Å². The first-order valence-corrected chi connectivity index (χ1v) is 9.40. The second kappa shape index (κ2) is 6.61. The highest BCUT2D eigenvalue weighted by atomic mass is 32.2. The number of nitriles is 1. The number of nitrogens with zero attached hydrogens (tertiary/aromatic N) is 2. The molecule has 0 spiro atoms. The first-order chi connectivity index (χ1) is 9.49. The van der Waals surface area contributed by atoms with Gasteiger partial charge in [-0.2, -0.15) is 5.26 Å². The van der Waals surface area contributed by atoms with E-state index in [1.54, 1.807) is 22.1 Å². The maximum Gasteiger partial charge on any atom is 0.211 e. The van der Waals surface area contributed by atoms with Crippen molar-refractivity contribution < 1.29 is 8.42 Å². The van der Waals surface area contributed by atoms with Crippen molar-refractivity contribution in [3.63, 3.8) is 0 Å². The molecule has 0 unspecified atom stereocenters. The van der Waals surface area contributed by atoms with Crippen LogP contribution in [0.1, 0.15) is 18.4 Å². The smallest absolute Gasteiger partial charge is 0.211 e. The third-order valence-corrected chi connectivity index (χ3v) is 5.89. The Morgan fingerprint density at radius 3 is 3.00 bits per heavy atom. The molecule has 0 N–H and O–H groups in total. The molecule has 0 saturated carbocycles. The highest BCUT2D eigenvalue weighted by molar-refractivity contribution is 7.99. The van der Waals surface area contributed by atoms with Crippen LogP contribution < -0.4 is 0 Å². The highest BCUT2D eigenvalue weighted by Gasteiger charge is 2.25. The molecule has 0 bridgehead atoms. The maximum absolute atomic E-state index is 11.6. The summed E-state index contributed by atoms with van der Waals surface area (Å²) in [6, 6.07) is 9.66. The lowest BCUT2D eigenvalue weighted by atomic mass is 10.0. The number of rotatable bonds is 4. The summed E-state index contributed by atoms with van der Waals surface area (Å²) in [6.45, 7) is 1.26. The van der Waals surface area contributed by atoms with E-state index in [1.807, 2.05) is 18.2 Å². The molecule has 0 amide bonds. The molecule has 1 aliphatic rings. The first kappa shape index (κ1) is 15.4. The van der Waals surface area contributed by atoms with Gasteiger partial charge in [0.1, 0.15) is 0 Å². The van der Waals surface area contributed by atoms with Crippen LogP contribution in [0.25, 0.3) is 0 Å². The van der Waals surface area contributed by atoms with Gasteiger partial charge in [-0.1, -0.05) is 6.07 Å². The standard InChI is InChI=1S/C14H18N2O2S2/c1-20(17,18)16-7-3-5-13(10-16)11-19-14-6-2-4-12(8-14)9-15/h2,4,6,8,13H,3,5,7,10-11H2,1H3/t13-/m0/s1. The van der Waals surface area contributed by atoms with Crippen LogP contribution in [0, 0.1) is 17.2 Å². The van der Waals surface area contributed by atoms with Crippen LogP contribution in [-0.2, 0) is 10.0 Å². The molecular weight excluding hydrogens is 292 g/mol. The summed E-state index contributed by atoms with van der Waals surface area (Å²) in [4.78, 5) is 1.07. The fourth-order valence-electron chi connectivity index (χ4n) is 2.33. The van der Waals surface area contributed by atoms with Gasteiger partial charge < -0.3 is 0 Å². The number of benzene rings is 1. The number of thioether (sulfide) groups is 1. The van der Waals surface area contributed by atoms with Crippen molar-refractivity contribution in [2.24, 2.45) is 5.92 Å². The normalized spacial score (nSPS) is 20.5. The molecule has 2 rings (SSSR count). The van der Waals surface area contributed by atoms with Gasteiger partial charge in [0.15, 0.2) is 0 Å². The van der Waals surface area contributed by atoms with E-state index in [2.05, 4.69) is 6.07 Å². The Morgan fingerprint density at radius 2 is 2.30 bits per heavy atom. The summed E-state index contributed by atoms with van der Waals surface area (Å²) >= 11 is 1.70. The van der Waals surface area contributed by atoms with Crippen LogP contribution in [0.4, 0.5) is 0 Å². The Balaban J connectivity index is 1.92. The van der Waals surface area contributed by atoms with Crippen molar-refractivity contribution in [1.29, 1.82) is 5.26 Å². The summed E-state index contributed by atoms with van der Waals surface area (Å²) in [5.41, 5.74) is 0.663. The van der Waals surface area contributed by atoms with Crippen LogP contribution in [0.5, 0.6) is 0 Å². The Morgan fingerprint density at radius 1 is 1.50 bits per heavy atom. The summed E-state index contributed by atoms with van der Waals surface area (Å²) in [6.07, 6.45) is 3.27.